The van der Waals surface area contributed by atoms with Gasteiger partial charge in [-0.05, 0) is 38.0 Å². The van der Waals surface area contributed by atoms with Crippen molar-refractivity contribution in [2.75, 3.05) is 25.5 Å². The van der Waals surface area contributed by atoms with Gasteiger partial charge >= 0.3 is 0 Å². The van der Waals surface area contributed by atoms with Crippen LogP contribution in [0.15, 0.2) is 0 Å². The maximum Gasteiger partial charge on any atom is 0.0762 e. The lowest BCUT2D eigenvalue weighted by Crippen LogP contribution is -1.89. The first-order valence-corrected chi connectivity index (χ1v) is 7.37. The minimum atomic E-state index is -1.36. The molecule has 0 saturated carbocycles. The highest BCUT2D eigenvalue weighted by Crippen LogP contribution is 2.24. The van der Waals surface area contributed by atoms with Gasteiger partial charge in [-0.15, -0.1) is 0 Å². The Hall–Kier alpha value is 0.150. The molecule has 4 heteroatoms. The average Bonchev–Trinajstić information content (AvgIpc) is 2.19. The molecule has 0 rings (SSSR count). The molecular weight excluding hydrogens is 199 g/mol. The maximum atomic E-state index is 11.4. The Bertz CT molecular complexity index is 125. The predicted molar refractivity (Wildman–Crippen MR) is 60.6 cm³/mol. The van der Waals surface area contributed by atoms with Gasteiger partial charge < -0.3 is 14.8 Å². The summed E-state index contributed by atoms with van der Waals surface area (Å²) in [7, 11) is -1.36. The SMILES string of the molecule is O=[PH](CCCCCO)CCCCCO. The minimum Gasteiger partial charge on any atom is -0.396 e. The summed E-state index contributed by atoms with van der Waals surface area (Å²) in [6.45, 7) is 0.495. The van der Waals surface area contributed by atoms with Gasteiger partial charge in [-0.3, -0.25) is 0 Å². The zero-order chi connectivity index (χ0) is 10.6. The van der Waals surface area contributed by atoms with Crippen LogP contribution in [-0.4, -0.2) is 35.8 Å². The molecule has 0 bridgehead atoms. The van der Waals surface area contributed by atoms with Crippen molar-refractivity contribution < 1.29 is 14.8 Å². The van der Waals surface area contributed by atoms with Crippen molar-refractivity contribution in [3.8, 4) is 0 Å². The third kappa shape index (κ3) is 10.2. The fourth-order valence-corrected chi connectivity index (χ4v) is 2.89. The van der Waals surface area contributed by atoms with E-state index in [4.69, 9.17) is 10.2 Å². The summed E-state index contributed by atoms with van der Waals surface area (Å²) in [4.78, 5) is 0. The van der Waals surface area contributed by atoms with Crippen LogP contribution in [0.2, 0.25) is 0 Å². The smallest absolute Gasteiger partial charge is 0.0762 e. The topological polar surface area (TPSA) is 57.5 Å². The summed E-state index contributed by atoms with van der Waals surface area (Å²) in [5.74, 6) is 0. The fourth-order valence-electron chi connectivity index (χ4n) is 1.35. The Morgan fingerprint density at radius 3 is 1.50 bits per heavy atom. The molecule has 0 heterocycles. The number of aliphatic hydroxyl groups is 2. The van der Waals surface area contributed by atoms with Crippen LogP contribution >= 0.6 is 7.80 Å². The van der Waals surface area contributed by atoms with E-state index in [1.165, 1.54) is 0 Å². The molecule has 0 aromatic carbocycles. The highest BCUT2D eigenvalue weighted by molar-refractivity contribution is 7.44. The van der Waals surface area contributed by atoms with E-state index in [2.05, 4.69) is 0 Å². The van der Waals surface area contributed by atoms with E-state index < -0.39 is 7.80 Å². The van der Waals surface area contributed by atoms with E-state index in [1.54, 1.807) is 0 Å². The Morgan fingerprint density at radius 2 is 1.14 bits per heavy atom. The first kappa shape index (κ1) is 14.2. The van der Waals surface area contributed by atoms with Crippen LogP contribution in [-0.2, 0) is 4.57 Å². The molecule has 0 aliphatic carbocycles. The number of unbranched alkanes of at least 4 members (excludes halogenated alkanes) is 4. The van der Waals surface area contributed by atoms with Gasteiger partial charge in [-0.25, -0.2) is 0 Å². The zero-order valence-corrected chi connectivity index (χ0v) is 9.87. The standard InChI is InChI=1S/C10H23O3P/c11-7-3-1-5-9-14(13)10-6-2-4-8-12/h11-12,14H,1-10H2. The molecular formula is C10H23O3P. The highest BCUT2D eigenvalue weighted by Gasteiger charge is 1.99. The molecule has 14 heavy (non-hydrogen) atoms. The molecule has 0 unspecified atom stereocenters. The first-order valence-electron chi connectivity index (χ1n) is 5.54. The monoisotopic (exact) mass is 222 g/mol. The maximum absolute atomic E-state index is 11.4. The van der Waals surface area contributed by atoms with Crippen molar-refractivity contribution in [2.45, 2.75) is 38.5 Å². The molecule has 0 spiro atoms. The van der Waals surface area contributed by atoms with Gasteiger partial charge in [-0.1, -0.05) is 12.8 Å². The van der Waals surface area contributed by atoms with Gasteiger partial charge in [0, 0.05) is 13.2 Å². The van der Waals surface area contributed by atoms with Gasteiger partial charge in [0.25, 0.3) is 0 Å². The molecule has 0 saturated heterocycles. The molecule has 0 aromatic heterocycles. The van der Waals surface area contributed by atoms with Gasteiger partial charge in [-0.2, -0.15) is 0 Å². The first-order chi connectivity index (χ1) is 6.81. The minimum absolute atomic E-state index is 0.247. The van der Waals surface area contributed by atoms with Crippen LogP contribution in [0.4, 0.5) is 0 Å². The van der Waals surface area contributed by atoms with E-state index in [0.29, 0.717) is 0 Å². The third-order valence-electron chi connectivity index (χ3n) is 2.23. The van der Waals surface area contributed by atoms with E-state index in [-0.39, 0.29) is 13.2 Å². The molecule has 2 N–H and O–H groups in total. The zero-order valence-electron chi connectivity index (χ0n) is 8.87. The number of aliphatic hydroxyl groups excluding tert-OH is 2. The second-order valence-electron chi connectivity index (χ2n) is 3.61. The summed E-state index contributed by atoms with van der Waals surface area (Å²) >= 11 is 0. The van der Waals surface area contributed by atoms with Crippen molar-refractivity contribution in [3.05, 3.63) is 0 Å². The lowest BCUT2D eigenvalue weighted by atomic mass is 10.3. The van der Waals surface area contributed by atoms with Crippen molar-refractivity contribution in [1.29, 1.82) is 0 Å². The Labute approximate surface area is 87.3 Å². The number of hydrogen-bond acceptors (Lipinski definition) is 3. The van der Waals surface area contributed by atoms with Crippen LogP contribution in [0.1, 0.15) is 38.5 Å². The fraction of sp³-hybridized carbons (Fsp3) is 1.00. The highest BCUT2D eigenvalue weighted by atomic mass is 31.1. The lowest BCUT2D eigenvalue weighted by molar-refractivity contribution is 0.284. The number of hydrogen-bond donors (Lipinski definition) is 2. The molecule has 0 aliphatic heterocycles. The van der Waals surface area contributed by atoms with Crippen LogP contribution in [0, 0.1) is 0 Å². The van der Waals surface area contributed by atoms with Gasteiger partial charge in [0.05, 0.1) is 7.80 Å². The van der Waals surface area contributed by atoms with E-state index >= 15 is 0 Å². The van der Waals surface area contributed by atoms with Gasteiger partial charge in [0.2, 0.25) is 0 Å². The van der Waals surface area contributed by atoms with Crippen LogP contribution in [0.25, 0.3) is 0 Å². The summed E-state index contributed by atoms with van der Waals surface area (Å²) in [6.07, 6.45) is 7.29. The Kier molecular flexibility index (Phi) is 11.3. The molecule has 0 aliphatic rings. The average molecular weight is 222 g/mol. The quantitative estimate of drug-likeness (QED) is 0.438. The van der Waals surface area contributed by atoms with Crippen molar-refractivity contribution in [2.24, 2.45) is 0 Å². The van der Waals surface area contributed by atoms with Crippen molar-refractivity contribution in [3.63, 3.8) is 0 Å². The molecule has 0 atom stereocenters. The lowest BCUT2D eigenvalue weighted by Gasteiger charge is -2.01. The largest absolute Gasteiger partial charge is 0.396 e. The molecule has 86 valence electrons. The van der Waals surface area contributed by atoms with E-state index in [1.807, 2.05) is 0 Å². The summed E-state index contributed by atoms with van der Waals surface area (Å²) < 4.78 is 11.4. The van der Waals surface area contributed by atoms with Crippen molar-refractivity contribution in [1.82, 2.24) is 0 Å². The summed E-state index contributed by atoms with van der Waals surface area (Å²) in [5, 5.41) is 17.1. The van der Waals surface area contributed by atoms with Crippen LogP contribution in [0.5, 0.6) is 0 Å². The van der Waals surface area contributed by atoms with E-state index in [0.717, 1.165) is 50.8 Å². The second-order valence-corrected chi connectivity index (χ2v) is 5.68. The van der Waals surface area contributed by atoms with Crippen LogP contribution in [0.3, 0.4) is 0 Å². The van der Waals surface area contributed by atoms with Crippen molar-refractivity contribution >= 4 is 7.80 Å². The predicted octanol–water partition coefficient (Wildman–Crippen LogP) is 1.87. The van der Waals surface area contributed by atoms with Gasteiger partial charge in [0.15, 0.2) is 0 Å². The summed E-state index contributed by atoms with van der Waals surface area (Å²) in [5.41, 5.74) is 0. The van der Waals surface area contributed by atoms with E-state index in [9.17, 15) is 4.57 Å². The number of rotatable bonds is 10. The molecule has 0 amide bonds. The summed E-state index contributed by atoms with van der Waals surface area (Å²) in [6, 6.07) is 0. The molecule has 3 nitrogen and oxygen atoms in total. The second kappa shape index (κ2) is 11.2. The van der Waals surface area contributed by atoms with Gasteiger partial charge in [0.1, 0.15) is 0 Å². The molecule has 0 radical (unpaired) electrons. The molecule has 0 fully saturated rings. The third-order valence-corrected chi connectivity index (χ3v) is 4.05. The normalized spacial score (nSPS) is 11.1. The van der Waals surface area contributed by atoms with Crippen LogP contribution < -0.4 is 0 Å². The Morgan fingerprint density at radius 1 is 0.714 bits per heavy atom. The molecule has 0 aromatic rings. The Balaban J connectivity index is 3.11.